The summed E-state index contributed by atoms with van der Waals surface area (Å²) in [5.41, 5.74) is 1.04. The molecule has 1 unspecified atom stereocenters. The van der Waals surface area contributed by atoms with Gasteiger partial charge >= 0.3 is 0 Å². The maximum Gasteiger partial charge on any atom is 0.264 e. The van der Waals surface area contributed by atoms with E-state index in [9.17, 15) is 4.79 Å². The van der Waals surface area contributed by atoms with Gasteiger partial charge in [0.1, 0.15) is 6.61 Å². The number of likely N-dealkylation sites (tertiary alicyclic amines) is 1. The van der Waals surface area contributed by atoms with Gasteiger partial charge in [0.05, 0.1) is 4.88 Å². The van der Waals surface area contributed by atoms with Crippen molar-refractivity contribution in [1.82, 2.24) is 15.0 Å². The summed E-state index contributed by atoms with van der Waals surface area (Å²) in [7, 11) is 0. The molecule has 7 heteroatoms. The van der Waals surface area contributed by atoms with Crippen LogP contribution >= 0.6 is 11.3 Å². The van der Waals surface area contributed by atoms with Crippen LogP contribution in [0.15, 0.2) is 16.0 Å². The summed E-state index contributed by atoms with van der Waals surface area (Å²) in [6.07, 6.45) is 1.93. The molecule has 0 aliphatic carbocycles. The van der Waals surface area contributed by atoms with Crippen LogP contribution < -0.4 is 0 Å². The Morgan fingerprint density at radius 3 is 3.17 bits per heavy atom. The van der Waals surface area contributed by atoms with E-state index in [1.54, 1.807) is 0 Å². The first-order valence-electron chi connectivity index (χ1n) is 7.92. The van der Waals surface area contributed by atoms with Gasteiger partial charge in [-0.25, -0.2) is 0 Å². The Hall–Kier alpha value is -1.73. The summed E-state index contributed by atoms with van der Waals surface area (Å²) in [6.45, 7) is 6.29. The topological polar surface area (TPSA) is 68.5 Å². The maximum atomic E-state index is 12.7. The largest absolute Gasteiger partial charge is 0.372 e. The number of hydrogen-bond acceptors (Lipinski definition) is 6. The molecule has 1 aliphatic rings. The van der Waals surface area contributed by atoms with Crippen molar-refractivity contribution >= 4 is 17.2 Å². The number of carbonyl (C=O) groups excluding carboxylic acids is 1. The molecule has 1 saturated heterocycles. The number of piperidine rings is 1. The number of aromatic nitrogens is 2. The lowest BCUT2D eigenvalue weighted by Crippen LogP contribution is -2.39. The molecular formula is C16H21N3O3S. The average molecular weight is 335 g/mol. The Balaban J connectivity index is 1.67. The molecule has 0 saturated carbocycles. The number of thiophene rings is 1. The molecule has 0 N–H and O–H groups in total. The van der Waals surface area contributed by atoms with Crippen molar-refractivity contribution < 1.29 is 14.1 Å². The van der Waals surface area contributed by atoms with Gasteiger partial charge in [0, 0.05) is 25.6 Å². The Labute approximate surface area is 139 Å². The number of aryl methyl sites for hydroxylation is 1. The van der Waals surface area contributed by atoms with Gasteiger partial charge in [0.25, 0.3) is 11.8 Å². The van der Waals surface area contributed by atoms with E-state index in [4.69, 9.17) is 9.26 Å². The van der Waals surface area contributed by atoms with Crippen molar-refractivity contribution in [3.63, 3.8) is 0 Å². The molecule has 2 aromatic heterocycles. The third kappa shape index (κ3) is 3.61. The minimum atomic E-state index is 0.111. The van der Waals surface area contributed by atoms with Crippen LogP contribution in [0, 0.1) is 6.92 Å². The van der Waals surface area contributed by atoms with E-state index in [0.717, 1.165) is 29.8 Å². The van der Waals surface area contributed by atoms with Gasteiger partial charge in [-0.15, -0.1) is 11.3 Å². The maximum absolute atomic E-state index is 12.7. The SMILES string of the molecule is CCOCc1nc(C2CCCN(C(=O)c3sccc3C)C2)no1. The van der Waals surface area contributed by atoms with Crippen molar-refractivity contribution in [2.24, 2.45) is 0 Å². The van der Waals surface area contributed by atoms with E-state index >= 15 is 0 Å². The lowest BCUT2D eigenvalue weighted by Gasteiger charge is -2.31. The molecule has 1 amide bonds. The fourth-order valence-electron chi connectivity index (χ4n) is 2.79. The predicted octanol–water partition coefficient (Wildman–Crippen LogP) is 3.00. The van der Waals surface area contributed by atoms with E-state index < -0.39 is 0 Å². The molecule has 0 aromatic carbocycles. The van der Waals surface area contributed by atoms with E-state index in [-0.39, 0.29) is 11.8 Å². The third-order valence-electron chi connectivity index (χ3n) is 4.04. The van der Waals surface area contributed by atoms with E-state index in [0.29, 0.717) is 31.5 Å². The van der Waals surface area contributed by atoms with Crippen molar-refractivity contribution in [2.75, 3.05) is 19.7 Å². The smallest absolute Gasteiger partial charge is 0.264 e. The van der Waals surface area contributed by atoms with Crippen LogP contribution in [-0.4, -0.2) is 40.6 Å². The fraction of sp³-hybridized carbons (Fsp3) is 0.562. The van der Waals surface area contributed by atoms with E-state index in [1.165, 1.54) is 11.3 Å². The lowest BCUT2D eigenvalue weighted by molar-refractivity contribution is 0.0708. The monoisotopic (exact) mass is 335 g/mol. The van der Waals surface area contributed by atoms with Gasteiger partial charge in [0.2, 0.25) is 0 Å². The minimum absolute atomic E-state index is 0.111. The highest BCUT2D eigenvalue weighted by Crippen LogP contribution is 2.27. The van der Waals surface area contributed by atoms with Gasteiger partial charge in [0.15, 0.2) is 5.82 Å². The van der Waals surface area contributed by atoms with Gasteiger partial charge < -0.3 is 14.2 Å². The van der Waals surface area contributed by atoms with Crippen LogP contribution in [0.25, 0.3) is 0 Å². The van der Waals surface area contributed by atoms with Crippen LogP contribution in [0.2, 0.25) is 0 Å². The first kappa shape index (κ1) is 16.1. The molecule has 1 atom stereocenters. The number of rotatable bonds is 5. The Kier molecular flexibility index (Phi) is 5.07. The molecule has 0 radical (unpaired) electrons. The van der Waals surface area contributed by atoms with Gasteiger partial charge in [-0.1, -0.05) is 5.16 Å². The molecule has 2 aromatic rings. The zero-order valence-electron chi connectivity index (χ0n) is 13.4. The van der Waals surface area contributed by atoms with Gasteiger partial charge in [-0.05, 0) is 43.7 Å². The minimum Gasteiger partial charge on any atom is -0.372 e. The summed E-state index contributed by atoms with van der Waals surface area (Å²) in [5, 5.41) is 6.03. The molecule has 3 rings (SSSR count). The fourth-order valence-corrected chi connectivity index (χ4v) is 3.68. The summed E-state index contributed by atoms with van der Waals surface area (Å²) < 4.78 is 10.5. The van der Waals surface area contributed by atoms with Crippen LogP contribution in [0.3, 0.4) is 0 Å². The predicted molar refractivity (Wildman–Crippen MR) is 86.6 cm³/mol. The van der Waals surface area contributed by atoms with Gasteiger partial charge in [-0.2, -0.15) is 4.98 Å². The molecule has 3 heterocycles. The zero-order valence-corrected chi connectivity index (χ0v) is 14.3. The second kappa shape index (κ2) is 7.23. The summed E-state index contributed by atoms with van der Waals surface area (Å²) in [6, 6.07) is 1.98. The van der Waals surface area contributed by atoms with Crippen molar-refractivity contribution in [3.05, 3.63) is 33.6 Å². The Bertz CT molecular complexity index is 667. The Morgan fingerprint density at radius 1 is 1.57 bits per heavy atom. The molecular weight excluding hydrogens is 314 g/mol. The van der Waals surface area contributed by atoms with Crippen LogP contribution in [0.5, 0.6) is 0 Å². The lowest BCUT2D eigenvalue weighted by atomic mass is 9.97. The van der Waals surface area contributed by atoms with Crippen LogP contribution in [0.1, 0.15) is 52.6 Å². The quantitative estimate of drug-likeness (QED) is 0.840. The second-order valence-corrected chi connectivity index (χ2v) is 6.62. The third-order valence-corrected chi connectivity index (χ3v) is 5.05. The second-order valence-electron chi connectivity index (χ2n) is 5.71. The van der Waals surface area contributed by atoms with Crippen molar-refractivity contribution in [1.29, 1.82) is 0 Å². The molecule has 124 valence electrons. The Morgan fingerprint density at radius 2 is 2.43 bits per heavy atom. The van der Waals surface area contributed by atoms with Gasteiger partial charge in [-0.3, -0.25) is 4.79 Å². The summed E-state index contributed by atoms with van der Waals surface area (Å²) in [4.78, 5) is 19.8. The van der Waals surface area contributed by atoms with Crippen molar-refractivity contribution in [2.45, 2.75) is 39.2 Å². The highest BCUT2D eigenvalue weighted by Gasteiger charge is 2.29. The van der Waals surface area contributed by atoms with E-state index in [2.05, 4.69) is 10.1 Å². The summed E-state index contributed by atoms with van der Waals surface area (Å²) in [5.74, 6) is 1.42. The molecule has 1 fully saturated rings. The first-order chi connectivity index (χ1) is 11.2. The molecule has 6 nitrogen and oxygen atoms in total. The van der Waals surface area contributed by atoms with Crippen LogP contribution in [-0.2, 0) is 11.3 Å². The molecule has 23 heavy (non-hydrogen) atoms. The molecule has 0 bridgehead atoms. The standard InChI is InChI=1S/C16H21N3O3S/c1-3-21-10-13-17-15(18-22-13)12-5-4-7-19(9-12)16(20)14-11(2)6-8-23-14/h6,8,12H,3-5,7,9-10H2,1-2H3. The van der Waals surface area contributed by atoms with Crippen LogP contribution in [0.4, 0.5) is 0 Å². The normalized spacial score (nSPS) is 18.3. The van der Waals surface area contributed by atoms with E-state index in [1.807, 2.05) is 30.2 Å². The number of ether oxygens (including phenoxy) is 1. The highest BCUT2D eigenvalue weighted by molar-refractivity contribution is 7.12. The molecule has 1 aliphatic heterocycles. The molecule has 0 spiro atoms. The first-order valence-corrected chi connectivity index (χ1v) is 8.80. The highest BCUT2D eigenvalue weighted by atomic mass is 32.1. The number of carbonyl (C=O) groups is 1. The zero-order chi connectivity index (χ0) is 16.2. The number of amides is 1. The van der Waals surface area contributed by atoms with Crippen molar-refractivity contribution in [3.8, 4) is 0 Å². The average Bonchev–Trinajstić information content (AvgIpc) is 3.21. The number of nitrogens with zero attached hydrogens (tertiary/aromatic N) is 3. The summed E-state index contributed by atoms with van der Waals surface area (Å²) >= 11 is 1.50. The number of hydrogen-bond donors (Lipinski definition) is 0.